The Morgan fingerprint density at radius 3 is 2.60 bits per heavy atom. The number of hydrogen-bond donors (Lipinski definition) is 1. The molecule has 15 heavy (non-hydrogen) atoms. The Morgan fingerprint density at radius 2 is 2.07 bits per heavy atom. The van der Waals surface area contributed by atoms with Gasteiger partial charge in [0.15, 0.2) is 0 Å². The zero-order valence-corrected chi connectivity index (χ0v) is 9.99. The van der Waals surface area contributed by atoms with E-state index in [1.165, 1.54) is 0 Å². The second-order valence-electron chi connectivity index (χ2n) is 3.94. The molecule has 1 aromatic rings. The Labute approximate surface area is 91.5 Å². The lowest BCUT2D eigenvalue weighted by atomic mass is 10.2. The normalized spacial score (nSPS) is 12.6. The summed E-state index contributed by atoms with van der Waals surface area (Å²) < 4.78 is 0. The van der Waals surface area contributed by atoms with Gasteiger partial charge < -0.3 is 10.6 Å². The van der Waals surface area contributed by atoms with Gasteiger partial charge >= 0.3 is 0 Å². The topological polar surface area (TPSA) is 55.0 Å². The van der Waals surface area contributed by atoms with Crippen molar-refractivity contribution in [1.29, 1.82) is 0 Å². The van der Waals surface area contributed by atoms with Crippen molar-refractivity contribution in [1.82, 2.24) is 9.97 Å². The SMILES string of the molecule is Cc1ncc(N(C)C(C)CCN)nc1C. The summed E-state index contributed by atoms with van der Waals surface area (Å²) in [5.41, 5.74) is 7.51. The van der Waals surface area contributed by atoms with Crippen molar-refractivity contribution < 1.29 is 0 Å². The van der Waals surface area contributed by atoms with Crippen molar-refractivity contribution in [2.24, 2.45) is 5.73 Å². The highest BCUT2D eigenvalue weighted by Crippen LogP contribution is 2.13. The molecule has 0 aromatic carbocycles. The Hall–Kier alpha value is -1.16. The quantitative estimate of drug-likeness (QED) is 0.809. The van der Waals surface area contributed by atoms with Crippen LogP contribution in [0, 0.1) is 13.8 Å². The molecule has 1 heterocycles. The first-order valence-corrected chi connectivity index (χ1v) is 5.29. The van der Waals surface area contributed by atoms with Gasteiger partial charge in [-0.3, -0.25) is 4.98 Å². The van der Waals surface area contributed by atoms with Crippen LogP contribution in [-0.2, 0) is 0 Å². The summed E-state index contributed by atoms with van der Waals surface area (Å²) in [5.74, 6) is 0.916. The summed E-state index contributed by atoms with van der Waals surface area (Å²) in [6, 6.07) is 0.395. The summed E-state index contributed by atoms with van der Waals surface area (Å²) in [7, 11) is 2.03. The van der Waals surface area contributed by atoms with Gasteiger partial charge in [-0.1, -0.05) is 0 Å². The maximum absolute atomic E-state index is 5.54. The second-order valence-corrected chi connectivity index (χ2v) is 3.94. The van der Waals surface area contributed by atoms with Crippen LogP contribution in [0.5, 0.6) is 0 Å². The predicted molar refractivity (Wildman–Crippen MR) is 63.0 cm³/mol. The van der Waals surface area contributed by atoms with Crippen LogP contribution >= 0.6 is 0 Å². The fourth-order valence-electron chi connectivity index (χ4n) is 1.36. The molecule has 0 saturated heterocycles. The molecular formula is C11H20N4. The Kier molecular flexibility index (Phi) is 4.03. The third-order valence-electron chi connectivity index (χ3n) is 2.79. The fraction of sp³-hybridized carbons (Fsp3) is 0.636. The summed E-state index contributed by atoms with van der Waals surface area (Å²) >= 11 is 0. The minimum atomic E-state index is 0.395. The summed E-state index contributed by atoms with van der Waals surface area (Å²) in [6.45, 7) is 6.79. The lowest BCUT2D eigenvalue weighted by Gasteiger charge is -2.25. The highest BCUT2D eigenvalue weighted by atomic mass is 15.2. The molecule has 0 aliphatic heterocycles. The van der Waals surface area contributed by atoms with E-state index < -0.39 is 0 Å². The zero-order valence-electron chi connectivity index (χ0n) is 9.99. The summed E-state index contributed by atoms with van der Waals surface area (Å²) in [5, 5.41) is 0. The Morgan fingerprint density at radius 1 is 1.40 bits per heavy atom. The minimum absolute atomic E-state index is 0.395. The first kappa shape index (κ1) is 11.9. The molecule has 2 N–H and O–H groups in total. The summed E-state index contributed by atoms with van der Waals surface area (Å²) in [4.78, 5) is 10.9. The standard InChI is InChI=1S/C11H20N4/c1-8(5-6-12)15(4)11-7-13-9(2)10(3)14-11/h7-8H,5-6,12H2,1-4H3. The average Bonchev–Trinajstić information content (AvgIpc) is 2.21. The molecule has 0 bridgehead atoms. The Balaban J connectivity index is 2.81. The molecular weight excluding hydrogens is 188 g/mol. The lowest BCUT2D eigenvalue weighted by Crippen LogP contribution is -2.31. The monoisotopic (exact) mass is 208 g/mol. The van der Waals surface area contributed by atoms with Gasteiger partial charge in [0, 0.05) is 13.1 Å². The van der Waals surface area contributed by atoms with Crippen LogP contribution in [0.4, 0.5) is 5.82 Å². The zero-order chi connectivity index (χ0) is 11.4. The fourth-order valence-corrected chi connectivity index (χ4v) is 1.36. The molecule has 0 fully saturated rings. The maximum Gasteiger partial charge on any atom is 0.147 e. The van der Waals surface area contributed by atoms with E-state index in [0.29, 0.717) is 12.6 Å². The van der Waals surface area contributed by atoms with E-state index in [2.05, 4.69) is 21.8 Å². The molecule has 4 nitrogen and oxygen atoms in total. The highest BCUT2D eigenvalue weighted by Gasteiger charge is 2.11. The van der Waals surface area contributed by atoms with Gasteiger partial charge in [-0.25, -0.2) is 4.98 Å². The van der Waals surface area contributed by atoms with Crippen LogP contribution in [0.2, 0.25) is 0 Å². The lowest BCUT2D eigenvalue weighted by molar-refractivity contribution is 0.627. The van der Waals surface area contributed by atoms with Gasteiger partial charge in [0.1, 0.15) is 5.82 Å². The van der Waals surface area contributed by atoms with Crippen LogP contribution in [-0.4, -0.2) is 29.6 Å². The first-order chi connectivity index (χ1) is 7.06. The molecule has 0 aliphatic carbocycles. The van der Waals surface area contributed by atoms with Gasteiger partial charge in [0.2, 0.25) is 0 Å². The number of nitrogens with two attached hydrogens (primary N) is 1. The number of hydrogen-bond acceptors (Lipinski definition) is 4. The molecule has 0 spiro atoms. The van der Waals surface area contributed by atoms with Crippen molar-refractivity contribution in [3.05, 3.63) is 17.6 Å². The minimum Gasteiger partial charge on any atom is -0.356 e. The van der Waals surface area contributed by atoms with Crippen molar-refractivity contribution in [2.75, 3.05) is 18.5 Å². The molecule has 1 atom stereocenters. The maximum atomic E-state index is 5.54. The van der Waals surface area contributed by atoms with Crippen molar-refractivity contribution >= 4 is 5.82 Å². The van der Waals surface area contributed by atoms with Gasteiger partial charge in [0.25, 0.3) is 0 Å². The number of nitrogens with zero attached hydrogens (tertiary/aromatic N) is 3. The van der Waals surface area contributed by atoms with Gasteiger partial charge in [-0.2, -0.15) is 0 Å². The number of aryl methyl sites for hydroxylation is 2. The van der Waals surface area contributed by atoms with Gasteiger partial charge in [-0.05, 0) is 33.7 Å². The largest absolute Gasteiger partial charge is 0.356 e. The smallest absolute Gasteiger partial charge is 0.147 e. The molecule has 1 unspecified atom stereocenters. The molecule has 0 radical (unpaired) electrons. The van der Waals surface area contributed by atoms with E-state index in [4.69, 9.17) is 5.73 Å². The molecule has 0 amide bonds. The molecule has 0 saturated carbocycles. The van der Waals surface area contributed by atoms with Crippen LogP contribution < -0.4 is 10.6 Å². The van der Waals surface area contributed by atoms with Crippen molar-refractivity contribution in [3.63, 3.8) is 0 Å². The third kappa shape index (κ3) is 2.89. The summed E-state index contributed by atoms with van der Waals surface area (Å²) in [6.07, 6.45) is 2.78. The van der Waals surface area contributed by atoms with E-state index in [1.54, 1.807) is 0 Å². The predicted octanol–water partition coefficient (Wildman–Crippen LogP) is 1.27. The first-order valence-electron chi connectivity index (χ1n) is 5.29. The van der Waals surface area contributed by atoms with E-state index in [9.17, 15) is 0 Å². The highest BCUT2D eigenvalue weighted by molar-refractivity contribution is 5.37. The van der Waals surface area contributed by atoms with Crippen LogP contribution in [0.1, 0.15) is 24.7 Å². The number of anilines is 1. The van der Waals surface area contributed by atoms with Gasteiger partial charge in [-0.15, -0.1) is 0 Å². The van der Waals surface area contributed by atoms with Crippen LogP contribution in [0.25, 0.3) is 0 Å². The van der Waals surface area contributed by atoms with E-state index in [-0.39, 0.29) is 0 Å². The third-order valence-corrected chi connectivity index (χ3v) is 2.79. The average molecular weight is 208 g/mol. The van der Waals surface area contributed by atoms with E-state index in [1.807, 2.05) is 27.1 Å². The molecule has 84 valence electrons. The van der Waals surface area contributed by atoms with Crippen molar-refractivity contribution in [2.45, 2.75) is 33.2 Å². The van der Waals surface area contributed by atoms with Gasteiger partial charge in [0.05, 0.1) is 17.6 Å². The van der Waals surface area contributed by atoms with Crippen LogP contribution in [0.15, 0.2) is 6.20 Å². The molecule has 0 aliphatic rings. The second kappa shape index (κ2) is 5.07. The van der Waals surface area contributed by atoms with E-state index >= 15 is 0 Å². The number of aromatic nitrogens is 2. The van der Waals surface area contributed by atoms with Crippen molar-refractivity contribution in [3.8, 4) is 0 Å². The van der Waals surface area contributed by atoms with Crippen LogP contribution in [0.3, 0.4) is 0 Å². The Bertz CT molecular complexity index is 324. The number of rotatable bonds is 4. The molecule has 1 aromatic heterocycles. The van der Waals surface area contributed by atoms with E-state index in [0.717, 1.165) is 23.6 Å². The molecule has 1 rings (SSSR count). The molecule has 4 heteroatoms.